The smallest absolute Gasteiger partial charge is 0.338 e. The van der Waals surface area contributed by atoms with Gasteiger partial charge in [-0.25, -0.2) is 4.79 Å². The monoisotopic (exact) mass is 416 g/mol. The molecule has 0 radical (unpaired) electrons. The summed E-state index contributed by atoms with van der Waals surface area (Å²) in [4.78, 5) is 13.1. The van der Waals surface area contributed by atoms with Crippen molar-refractivity contribution in [3.63, 3.8) is 0 Å². The lowest BCUT2D eigenvalue weighted by Gasteiger charge is -2.30. The lowest BCUT2D eigenvalue weighted by molar-refractivity contribution is -0.137. The first kappa shape index (κ1) is 19.1. The Morgan fingerprint density at radius 1 is 0.903 bits per heavy atom. The van der Waals surface area contributed by atoms with E-state index in [4.69, 9.17) is 23.7 Å². The first-order chi connectivity index (χ1) is 15.2. The first-order valence-electron chi connectivity index (χ1n) is 9.82. The predicted octanol–water partition coefficient (Wildman–Crippen LogP) is 4.53. The fraction of sp³-hybridized carbons (Fsp3) is 0.160. The molecule has 0 N–H and O–H groups in total. The van der Waals surface area contributed by atoms with Gasteiger partial charge in [-0.05, 0) is 35.9 Å². The SMILES string of the molecule is COC(=O)C1=C(c2cccc(OC)c2)c2ccccc2OC1c1ccc2c(c1)OCO2. The van der Waals surface area contributed by atoms with Gasteiger partial charge in [-0.2, -0.15) is 0 Å². The van der Waals surface area contributed by atoms with Crippen LogP contribution in [0.15, 0.2) is 72.3 Å². The first-order valence-corrected chi connectivity index (χ1v) is 9.82. The number of esters is 1. The molecule has 31 heavy (non-hydrogen) atoms. The van der Waals surface area contributed by atoms with Gasteiger partial charge in [-0.1, -0.05) is 36.4 Å². The van der Waals surface area contributed by atoms with Crippen LogP contribution in [0.2, 0.25) is 0 Å². The van der Waals surface area contributed by atoms with Gasteiger partial charge in [0.15, 0.2) is 17.6 Å². The number of fused-ring (bicyclic) bond motifs is 2. The quantitative estimate of drug-likeness (QED) is 0.582. The van der Waals surface area contributed by atoms with Crippen molar-refractivity contribution >= 4 is 11.5 Å². The molecule has 0 fully saturated rings. The van der Waals surface area contributed by atoms with Crippen molar-refractivity contribution in [1.29, 1.82) is 0 Å². The van der Waals surface area contributed by atoms with Crippen LogP contribution in [0.1, 0.15) is 22.8 Å². The minimum absolute atomic E-state index is 0.169. The van der Waals surface area contributed by atoms with Crippen LogP contribution in [0.25, 0.3) is 5.57 Å². The van der Waals surface area contributed by atoms with Crippen molar-refractivity contribution in [2.24, 2.45) is 0 Å². The van der Waals surface area contributed by atoms with Gasteiger partial charge in [-0.3, -0.25) is 0 Å². The molecule has 3 aromatic carbocycles. The van der Waals surface area contributed by atoms with Gasteiger partial charge in [0, 0.05) is 16.7 Å². The molecule has 0 aliphatic carbocycles. The molecular weight excluding hydrogens is 396 g/mol. The summed E-state index contributed by atoms with van der Waals surface area (Å²) in [6.07, 6.45) is -0.682. The number of carbonyl (C=O) groups is 1. The molecule has 3 aromatic rings. The normalized spacial score (nSPS) is 16.4. The number of methoxy groups -OCH3 is 2. The van der Waals surface area contributed by atoms with Gasteiger partial charge in [0.05, 0.1) is 19.8 Å². The van der Waals surface area contributed by atoms with E-state index in [0.29, 0.717) is 28.6 Å². The van der Waals surface area contributed by atoms with Crippen LogP contribution in [-0.2, 0) is 9.53 Å². The van der Waals surface area contributed by atoms with Crippen molar-refractivity contribution in [2.45, 2.75) is 6.10 Å². The maximum Gasteiger partial charge on any atom is 0.338 e. The topological polar surface area (TPSA) is 63.2 Å². The summed E-state index contributed by atoms with van der Waals surface area (Å²) in [5.41, 5.74) is 3.57. The molecule has 156 valence electrons. The Morgan fingerprint density at radius 3 is 2.58 bits per heavy atom. The van der Waals surface area contributed by atoms with E-state index in [2.05, 4.69) is 0 Å². The zero-order chi connectivity index (χ0) is 21.4. The van der Waals surface area contributed by atoms with E-state index in [-0.39, 0.29) is 6.79 Å². The second-order valence-electron chi connectivity index (χ2n) is 7.12. The van der Waals surface area contributed by atoms with Crippen LogP contribution in [0, 0.1) is 0 Å². The molecule has 1 unspecified atom stereocenters. The zero-order valence-corrected chi connectivity index (χ0v) is 17.1. The summed E-state index contributed by atoms with van der Waals surface area (Å²) in [5, 5.41) is 0. The largest absolute Gasteiger partial charge is 0.497 e. The Labute approximate surface area is 179 Å². The summed E-state index contributed by atoms with van der Waals surface area (Å²) in [7, 11) is 2.98. The predicted molar refractivity (Wildman–Crippen MR) is 113 cm³/mol. The highest BCUT2D eigenvalue weighted by Gasteiger charge is 2.36. The third-order valence-electron chi connectivity index (χ3n) is 5.40. The van der Waals surface area contributed by atoms with Gasteiger partial charge in [0.25, 0.3) is 0 Å². The summed E-state index contributed by atoms with van der Waals surface area (Å²) < 4.78 is 27.9. The van der Waals surface area contributed by atoms with Crippen LogP contribution >= 0.6 is 0 Å². The number of hydrogen-bond donors (Lipinski definition) is 0. The van der Waals surface area contributed by atoms with Crippen molar-refractivity contribution in [1.82, 2.24) is 0 Å². The fourth-order valence-electron chi connectivity index (χ4n) is 3.96. The van der Waals surface area contributed by atoms with Gasteiger partial charge in [0.2, 0.25) is 6.79 Å². The Hall–Kier alpha value is -3.93. The van der Waals surface area contributed by atoms with E-state index >= 15 is 0 Å². The molecule has 2 heterocycles. The maximum absolute atomic E-state index is 13.1. The van der Waals surface area contributed by atoms with Gasteiger partial charge in [0.1, 0.15) is 11.5 Å². The molecule has 5 rings (SSSR count). The van der Waals surface area contributed by atoms with Crippen LogP contribution in [0.3, 0.4) is 0 Å². The number of rotatable bonds is 4. The van der Waals surface area contributed by atoms with E-state index < -0.39 is 12.1 Å². The highest BCUT2D eigenvalue weighted by molar-refractivity contribution is 6.04. The molecular formula is C25H20O6. The molecule has 0 amide bonds. The van der Waals surface area contributed by atoms with Gasteiger partial charge in [-0.15, -0.1) is 0 Å². The van der Waals surface area contributed by atoms with E-state index in [1.165, 1.54) is 7.11 Å². The van der Waals surface area contributed by atoms with Crippen LogP contribution in [0.4, 0.5) is 0 Å². The van der Waals surface area contributed by atoms with E-state index in [1.54, 1.807) is 7.11 Å². The lowest BCUT2D eigenvalue weighted by Crippen LogP contribution is -2.24. The molecule has 2 aliphatic rings. The highest BCUT2D eigenvalue weighted by atomic mass is 16.7. The Bertz CT molecular complexity index is 1200. The molecule has 2 aliphatic heterocycles. The molecule has 0 spiro atoms. The van der Waals surface area contributed by atoms with Gasteiger partial charge >= 0.3 is 5.97 Å². The van der Waals surface area contributed by atoms with Crippen molar-refractivity contribution in [3.05, 3.63) is 89.0 Å². The number of para-hydroxylation sites is 1. The second kappa shape index (κ2) is 7.72. The molecule has 0 bridgehead atoms. The minimum atomic E-state index is -0.682. The summed E-state index contributed by atoms with van der Waals surface area (Å²) in [6.45, 7) is 0.169. The Morgan fingerprint density at radius 2 is 1.74 bits per heavy atom. The molecule has 6 heteroatoms. The van der Waals surface area contributed by atoms with Crippen LogP contribution < -0.4 is 18.9 Å². The van der Waals surface area contributed by atoms with Crippen molar-refractivity contribution in [2.75, 3.05) is 21.0 Å². The number of benzene rings is 3. The number of carbonyl (C=O) groups excluding carboxylic acids is 1. The lowest BCUT2D eigenvalue weighted by atomic mass is 9.85. The zero-order valence-electron chi connectivity index (χ0n) is 17.1. The van der Waals surface area contributed by atoms with Crippen LogP contribution in [0.5, 0.6) is 23.0 Å². The molecule has 0 aromatic heterocycles. The maximum atomic E-state index is 13.1. The summed E-state index contributed by atoms with van der Waals surface area (Å²) >= 11 is 0. The Kier molecular flexibility index (Phi) is 4.75. The van der Waals surface area contributed by atoms with E-state index in [1.807, 2.05) is 66.7 Å². The average molecular weight is 416 g/mol. The number of ether oxygens (including phenoxy) is 5. The molecule has 1 atom stereocenters. The molecule has 0 saturated carbocycles. The molecule has 6 nitrogen and oxygen atoms in total. The third-order valence-corrected chi connectivity index (χ3v) is 5.40. The third kappa shape index (κ3) is 3.26. The van der Waals surface area contributed by atoms with Crippen LogP contribution in [-0.4, -0.2) is 27.0 Å². The van der Waals surface area contributed by atoms with Crippen molar-refractivity contribution in [3.8, 4) is 23.0 Å². The summed E-state index contributed by atoms with van der Waals surface area (Å²) in [6, 6.07) is 20.8. The molecule has 0 saturated heterocycles. The standard InChI is InChI=1S/C25H20O6/c1-27-17-7-5-6-15(12-17)22-18-8-3-4-9-19(18)31-24(23(22)25(26)28-2)16-10-11-20-21(13-16)30-14-29-20/h3-13,24H,14H2,1-2H3. The average Bonchev–Trinajstić information content (AvgIpc) is 3.30. The Balaban J connectivity index is 1.76. The van der Waals surface area contributed by atoms with Crippen molar-refractivity contribution < 1.29 is 28.5 Å². The fourth-order valence-corrected chi connectivity index (χ4v) is 3.96. The van der Waals surface area contributed by atoms with E-state index in [0.717, 1.165) is 22.3 Å². The highest BCUT2D eigenvalue weighted by Crippen LogP contribution is 2.47. The minimum Gasteiger partial charge on any atom is -0.497 e. The van der Waals surface area contributed by atoms with E-state index in [9.17, 15) is 4.79 Å². The summed E-state index contributed by atoms with van der Waals surface area (Å²) in [5.74, 6) is 2.19. The number of hydrogen-bond acceptors (Lipinski definition) is 6. The van der Waals surface area contributed by atoms with Gasteiger partial charge < -0.3 is 23.7 Å². The second-order valence-corrected chi connectivity index (χ2v) is 7.12.